The molecule has 1 N–H and O–H groups in total. The second-order valence-electron chi connectivity index (χ2n) is 4.29. The van der Waals surface area contributed by atoms with Gasteiger partial charge < -0.3 is 4.72 Å². The fourth-order valence-electron chi connectivity index (χ4n) is 1.45. The highest BCUT2D eigenvalue weighted by atomic mass is 32.2. The second-order valence-corrected chi connectivity index (χ2v) is 5.12. The first-order chi connectivity index (χ1) is 8.27. The predicted octanol–water partition coefficient (Wildman–Crippen LogP) is 3.59. The molecule has 4 heteroatoms. The van der Waals surface area contributed by atoms with Gasteiger partial charge >= 0.3 is 0 Å². The molecular formula is C13H17N3S. The van der Waals surface area contributed by atoms with E-state index in [1.165, 1.54) is 0 Å². The third-order valence-electron chi connectivity index (χ3n) is 2.27. The van der Waals surface area contributed by atoms with Crippen molar-refractivity contribution in [2.75, 3.05) is 10.5 Å². The molecule has 2 aromatic rings. The average molecular weight is 247 g/mol. The number of para-hydroxylation sites is 1. The molecule has 0 aliphatic carbocycles. The van der Waals surface area contributed by atoms with Gasteiger partial charge in [0.25, 0.3) is 0 Å². The van der Waals surface area contributed by atoms with E-state index in [-0.39, 0.29) is 0 Å². The molecule has 0 aliphatic heterocycles. The average Bonchev–Trinajstić information content (AvgIpc) is 2.78. The van der Waals surface area contributed by atoms with Crippen LogP contribution in [0.15, 0.2) is 42.9 Å². The van der Waals surface area contributed by atoms with Crippen molar-refractivity contribution in [1.82, 2.24) is 9.55 Å². The zero-order valence-corrected chi connectivity index (χ0v) is 10.9. The van der Waals surface area contributed by atoms with Gasteiger partial charge in [-0.05, 0) is 18.1 Å². The molecule has 0 spiro atoms. The molecule has 3 nitrogen and oxygen atoms in total. The number of imidazole rings is 1. The first kappa shape index (κ1) is 12.0. The van der Waals surface area contributed by atoms with Crippen molar-refractivity contribution >= 4 is 17.8 Å². The molecule has 0 bridgehead atoms. The molecular weight excluding hydrogens is 230 g/mol. The van der Waals surface area contributed by atoms with Crippen LogP contribution in [-0.4, -0.2) is 15.3 Å². The normalized spacial score (nSPS) is 10.8. The number of hydrogen-bond acceptors (Lipinski definition) is 3. The predicted molar refractivity (Wildman–Crippen MR) is 74.5 cm³/mol. The van der Waals surface area contributed by atoms with Crippen molar-refractivity contribution < 1.29 is 0 Å². The molecule has 0 amide bonds. The monoisotopic (exact) mass is 247 g/mol. The van der Waals surface area contributed by atoms with Gasteiger partial charge in [0, 0.05) is 11.4 Å². The molecule has 0 fully saturated rings. The summed E-state index contributed by atoms with van der Waals surface area (Å²) in [7, 11) is 0. The van der Waals surface area contributed by atoms with Crippen LogP contribution in [0, 0.1) is 5.92 Å². The van der Waals surface area contributed by atoms with Crippen LogP contribution in [0.25, 0.3) is 5.69 Å². The largest absolute Gasteiger partial charge is 0.314 e. The van der Waals surface area contributed by atoms with Crippen LogP contribution in [0.3, 0.4) is 0 Å². The lowest BCUT2D eigenvalue weighted by atomic mass is 10.3. The fraction of sp³-hybridized carbons (Fsp3) is 0.308. The minimum absolute atomic E-state index is 0.681. The Morgan fingerprint density at radius 2 is 2.06 bits per heavy atom. The number of aromatic nitrogens is 2. The Balaban J connectivity index is 2.07. The van der Waals surface area contributed by atoms with Crippen LogP contribution in [0.4, 0.5) is 5.82 Å². The quantitative estimate of drug-likeness (QED) is 0.819. The summed E-state index contributed by atoms with van der Waals surface area (Å²) in [5.74, 6) is 2.78. The van der Waals surface area contributed by atoms with Gasteiger partial charge in [-0.1, -0.05) is 44.0 Å². The summed E-state index contributed by atoms with van der Waals surface area (Å²) in [6, 6.07) is 10.2. The summed E-state index contributed by atoms with van der Waals surface area (Å²) >= 11 is 1.72. The highest BCUT2D eigenvalue weighted by Gasteiger charge is 2.03. The Morgan fingerprint density at radius 3 is 2.76 bits per heavy atom. The third-order valence-corrected chi connectivity index (χ3v) is 3.45. The summed E-state index contributed by atoms with van der Waals surface area (Å²) < 4.78 is 5.39. The Labute approximate surface area is 106 Å². The van der Waals surface area contributed by atoms with Crippen LogP contribution >= 0.6 is 11.9 Å². The maximum atomic E-state index is 4.18. The van der Waals surface area contributed by atoms with E-state index in [0.717, 1.165) is 17.3 Å². The minimum atomic E-state index is 0.681. The molecule has 0 saturated carbocycles. The minimum Gasteiger partial charge on any atom is -0.314 e. The zero-order valence-electron chi connectivity index (χ0n) is 10.1. The van der Waals surface area contributed by atoms with E-state index in [9.17, 15) is 0 Å². The summed E-state index contributed by atoms with van der Waals surface area (Å²) in [5.41, 5.74) is 1.12. The summed E-state index contributed by atoms with van der Waals surface area (Å²) in [6.07, 6.45) is 3.67. The summed E-state index contributed by atoms with van der Waals surface area (Å²) in [5, 5.41) is 0. The Bertz CT molecular complexity index is 451. The number of nitrogens with one attached hydrogen (secondary N) is 1. The Kier molecular flexibility index (Phi) is 4.09. The molecule has 1 heterocycles. The van der Waals surface area contributed by atoms with Crippen molar-refractivity contribution in [3.8, 4) is 5.69 Å². The topological polar surface area (TPSA) is 29.9 Å². The molecule has 90 valence electrons. The lowest BCUT2D eigenvalue weighted by Gasteiger charge is -2.10. The van der Waals surface area contributed by atoms with Gasteiger partial charge in [0.15, 0.2) is 0 Å². The van der Waals surface area contributed by atoms with Crippen molar-refractivity contribution in [1.29, 1.82) is 0 Å². The second kappa shape index (κ2) is 5.77. The van der Waals surface area contributed by atoms with E-state index in [0.29, 0.717) is 5.92 Å². The van der Waals surface area contributed by atoms with Gasteiger partial charge in [0.2, 0.25) is 0 Å². The maximum absolute atomic E-state index is 4.18. The van der Waals surface area contributed by atoms with Crippen LogP contribution in [0.5, 0.6) is 0 Å². The van der Waals surface area contributed by atoms with E-state index in [1.807, 2.05) is 35.3 Å². The van der Waals surface area contributed by atoms with Crippen molar-refractivity contribution in [2.24, 2.45) is 5.92 Å². The number of rotatable bonds is 5. The van der Waals surface area contributed by atoms with Crippen LogP contribution in [0.1, 0.15) is 13.8 Å². The number of benzene rings is 1. The number of hydrogen-bond donors (Lipinski definition) is 1. The Hall–Kier alpha value is -1.42. The molecule has 0 saturated heterocycles. The molecule has 0 atom stereocenters. The summed E-state index contributed by atoms with van der Waals surface area (Å²) in [4.78, 5) is 4.18. The van der Waals surface area contributed by atoms with Crippen molar-refractivity contribution in [2.45, 2.75) is 13.8 Å². The lowest BCUT2D eigenvalue weighted by Crippen LogP contribution is -2.00. The molecule has 1 aromatic heterocycles. The summed E-state index contributed by atoms with van der Waals surface area (Å²) in [6.45, 7) is 4.42. The van der Waals surface area contributed by atoms with Crippen molar-refractivity contribution in [3.63, 3.8) is 0 Å². The number of anilines is 1. The smallest absolute Gasteiger partial charge is 0.140 e. The SMILES string of the molecule is CC(C)CSNc1cncn1-c1ccccc1. The first-order valence-electron chi connectivity index (χ1n) is 5.73. The zero-order chi connectivity index (χ0) is 12.1. The molecule has 1 aromatic carbocycles. The van der Waals surface area contributed by atoms with Gasteiger partial charge in [-0.25, -0.2) is 4.98 Å². The van der Waals surface area contributed by atoms with Gasteiger partial charge in [0.05, 0.1) is 6.20 Å². The van der Waals surface area contributed by atoms with Gasteiger partial charge in [-0.15, -0.1) is 0 Å². The Morgan fingerprint density at radius 1 is 1.29 bits per heavy atom. The van der Waals surface area contributed by atoms with Gasteiger partial charge in [-0.3, -0.25) is 4.57 Å². The molecule has 0 unspecified atom stereocenters. The first-order valence-corrected chi connectivity index (χ1v) is 6.71. The fourth-order valence-corrected chi connectivity index (χ4v) is 2.16. The third kappa shape index (κ3) is 3.27. The molecule has 2 rings (SSSR count). The lowest BCUT2D eigenvalue weighted by molar-refractivity contribution is 0.751. The standard InChI is InChI=1S/C13H17N3S/c1-11(2)9-17-15-13-8-14-10-16(13)12-6-4-3-5-7-12/h3-8,10-11,15H,9H2,1-2H3. The van der Waals surface area contributed by atoms with E-state index < -0.39 is 0 Å². The van der Waals surface area contributed by atoms with E-state index >= 15 is 0 Å². The highest BCUT2D eigenvalue weighted by Crippen LogP contribution is 2.18. The van der Waals surface area contributed by atoms with Gasteiger partial charge in [0.1, 0.15) is 12.1 Å². The van der Waals surface area contributed by atoms with E-state index in [2.05, 4.69) is 35.7 Å². The van der Waals surface area contributed by atoms with E-state index in [1.54, 1.807) is 11.9 Å². The number of nitrogens with zero attached hydrogens (tertiary/aromatic N) is 2. The van der Waals surface area contributed by atoms with Gasteiger partial charge in [-0.2, -0.15) is 0 Å². The molecule has 17 heavy (non-hydrogen) atoms. The maximum Gasteiger partial charge on any atom is 0.140 e. The van der Waals surface area contributed by atoms with Crippen LogP contribution in [0.2, 0.25) is 0 Å². The van der Waals surface area contributed by atoms with E-state index in [4.69, 9.17) is 0 Å². The van der Waals surface area contributed by atoms with Crippen LogP contribution in [-0.2, 0) is 0 Å². The van der Waals surface area contributed by atoms with Crippen molar-refractivity contribution in [3.05, 3.63) is 42.9 Å². The van der Waals surface area contributed by atoms with Crippen LogP contribution < -0.4 is 4.72 Å². The molecule has 0 radical (unpaired) electrons. The highest BCUT2D eigenvalue weighted by molar-refractivity contribution is 8.00. The molecule has 0 aliphatic rings.